The lowest BCUT2D eigenvalue weighted by molar-refractivity contribution is 0.289. The summed E-state index contributed by atoms with van der Waals surface area (Å²) in [6, 6.07) is 3.71. The smallest absolute Gasteiger partial charge is 0.162 e. The van der Waals surface area contributed by atoms with Gasteiger partial charge in [-0.05, 0) is 99.0 Å². The molecule has 1 aromatic rings. The highest BCUT2D eigenvalue weighted by Gasteiger charge is 2.25. The molecule has 0 bridgehead atoms. The van der Waals surface area contributed by atoms with E-state index < -0.39 is 11.6 Å². The van der Waals surface area contributed by atoms with Crippen LogP contribution in [0.5, 0.6) is 0 Å². The van der Waals surface area contributed by atoms with Crippen LogP contribution in [0.25, 0.3) is 0 Å². The Morgan fingerprint density at radius 3 is 2.23 bits per heavy atom. The second-order valence-corrected chi connectivity index (χ2v) is 10.3. The lowest BCUT2D eigenvalue weighted by atomic mass is 9.77. The van der Waals surface area contributed by atoms with Crippen molar-refractivity contribution in [3.8, 4) is 0 Å². The third-order valence-electron chi connectivity index (χ3n) is 8.15. The molecule has 0 N–H and O–H groups in total. The highest BCUT2D eigenvalue weighted by molar-refractivity contribution is 5.29. The van der Waals surface area contributed by atoms with E-state index in [1.54, 1.807) is 0 Å². The number of aryl methyl sites for hydroxylation is 1. The van der Waals surface area contributed by atoms with Crippen LogP contribution in [0, 0.1) is 29.4 Å². The molecule has 2 heteroatoms. The molecule has 0 saturated heterocycles. The molecular formula is C29H44F2. The van der Waals surface area contributed by atoms with Crippen LogP contribution >= 0.6 is 0 Å². The largest absolute Gasteiger partial charge is 0.203 e. The predicted molar refractivity (Wildman–Crippen MR) is 128 cm³/mol. The third-order valence-corrected chi connectivity index (χ3v) is 8.15. The first kappa shape index (κ1) is 24.5. The van der Waals surface area contributed by atoms with Crippen molar-refractivity contribution in [2.45, 2.75) is 116 Å². The van der Waals surface area contributed by atoms with E-state index in [1.807, 2.05) is 12.1 Å². The van der Waals surface area contributed by atoms with Crippen molar-refractivity contribution in [3.63, 3.8) is 0 Å². The maximum Gasteiger partial charge on any atom is 0.162 e. The summed E-state index contributed by atoms with van der Waals surface area (Å²) in [5.41, 5.74) is 1.15. The molecule has 3 rings (SSSR count). The fourth-order valence-corrected chi connectivity index (χ4v) is 5.87. The molecule has 1 aromatic carbocycles. The maximum absolute atomic E-state index is 14.8. The fourth-order valence-electron chi connectivity index (χ4n) is 5.87. The van der Waals surface area contributed by atoms with Crippen LogP contribution in [-0.2, 0) is 6.42 Å². The zero-order chi connectivity index (χ0) is 22.1. The SMILES string of the molecule is CCCCCC1CCC(/C=C/CCc2ccc(C3CCC(CC)CC3)c(F)c2F)CC1. The summed E-state index contributed by atoms with van der Waals surface area (Å²) in [5, 5.41) is 0. The van der Waals surface area contributed by atoms with Crippen LogP contribution in [0.1, 0.15) is 121 Å². The van der Waals surface area contributed by atoms with E-state index in [0.717, 1.165) is 43.9 Å². The number of unbranched alkanes of at least 4 members (excludes halogenated alkanes) is 2. The molecule has 0 aliphatic heterocycles. The van der Waals surface area contributed by atoms with Gasteiger partial charge in [0.25, 0.3) is 0 Å². The van der Waals surface area contributed by atoms with Gasteiger partial charge < -0.3 is 0 Å². The van der Waals surface area contributed by atoms with Crippen LogP contribution in [0.3, 0.4) is 0 Å². The molecule has 0 spiro atoms. The van der Waals surface area contributed by atoms with Gasteiger partial charge in [-0.3, -0.25) is 0 Å². The number of rotatable bonds is 10. The van der Waals surface area contributed by atoms with Crippen LogP contribution < -0.4 is 0 Å². The Morgan fingerprint density at radius 1 is 0.839 bits per heavy atom. The summed E-state index contributed by atoms with van der Waals surface area (Å²) < 4.78 is 29.5. The van der Waals surface area contributed by atoms with E-state index in [-0.39, 0.29) is 5.92 Å². The van der Waals surface area contributed by atoms with Crippen molar-refractivity contribution >= 4 is 0 Å². The van der Waals surface area contributed by atoms with Crippen molar-refractivity contribution in [2.75, 3.05) is 0 Å². The number of benzene rings is 1. The van der Waals surface area contributed by atoms with Gasteiger partial charge in [0, 0.05) is 0 Å². The number of halogens is 2. The van der Waals surface area contributed by atoms with E-state index in [9.17, 15) is 8.78 Å². The average Bonchev–Trinajstić information content (AvgIpc) is 2.80. The minimum atomic E-state index is -0.601. The van der Waals surface area contributed by atoms with Crippen molar-refractivity contribution < 1.29 is 8.78 Å². The van der Waals surface area contributed by atoms with Crippen LogP contribution in [0.15, 0.2) is 24.3 Å². The molecule has 0 heterocycles. The van der Waals surface area contributed by atoms with Gasteiger partial charge in [-0.2, -0.15) is 0 Å². The van der Waals surface area contributed by atoms with Gasteiger partial charge in [0.15, 0.2) is 11.6 Å². The van der Waals surface area contributed by atoms with E-state index in [2.05, 4.69) is 26.0 Å². The third kappa shape index (κ3) is 7.16. The molecule has 0 aromatic heterocycles. The molecule has 31 heavy (non-hydrogen) atoms. The van der Waals surface area contributed by atoms with Gasteiger partial charge in [-0.1, -0.05) is 70.2 Å². The molecule has 174 valence electrons. The van der Waals surface area contributed by atoms with Gasteiger partial charge in [0.05, 0.1) is 0 Å². The molecule has 0 amide bonds. The summed E-state index contributed by atoms with van der Waals surface area (Å²) in [6.07, 6.45) is 22.2. The number of hydrogen-bond donors (Lipinski definition) is 0. The molecule has 2 aliphatic carbocycles. The van der Waals surface area contributed by atoms with E-state index in [4.69, 9.17) is 0 Å². The minimum Gasteiger partial charge on any atom is -0.203 e. The Hall–Kier alpha value is -1.18. The molecule has 2 aliphatic rings. The van der Waals surface area contributed by atoms with Crippen molar-refractivity contribution in [2.24, 2.45) is 17.8 Å². The molecular weight excluding hydrogens is 386 g/mol. The van der Waals surface area contributed by atoms with Gasteiger partial charge in [0.1, 0.15) is 0 Å². The Bertz CT molecular complexity index is 676. The minimum absolute atomic E-state index is 0.198. The predicted octanol–water partition coefficient (Wildman–Crippen LogP) is 9.52. The Morgan fingerprint density at radius 2 is 1.55 bits per heavy atom. The Labute approximate surface area is 189 Å². The first-order valence-electron chi connectivity index (χ1n) is 13.3. The molecule has 2 fully saturated rings. The molecule has 0 unspecified atom stereocenters. The topological polar surface area (TPSA) is 0 Å². The van der Waals surface area contributed by atoms with Crippen molar-refractivity contribution in [3.05, 3.63) is 47.0 Å². The number of hydrogen-bond acceptors (Lipinski definition) is 0. The maximum atomic E-state index is 14.8. The molecule has 2 saturated carbocycles. The highest BCUT2D eigenvalue weighted by Crippen LogP contribution is 2.39. The van der Waals surface area contributed by atoms with Crippen molar-refractivity contribution in [1.29, 1.82) is 0 Å². The monoisotopic (exact) mass is 430 g/mol. The fraction of sp³-hybridized carbons (Fsp3) is 0.724. The summed E-state index contributed by atoms with van der Waals surface area (Å²) in [7, 11) is 0. The lowest BCUT2D eigenvalue weighted by Crippen LogP contribution is -2.14. The van der Waals surface area contributed by atoms with E-state index in [1.165, 1.54) is 57.8 Å². The first-order chi connectivity index (χ1) is 15.1. The van der Waals surface area contributed by atoms with Crippen molar-refractivity contribution in [1.82, 2.24) is 0 Å². The summed E-state index contributed by atoms with van der Waals surface area (Å²) in [5.74, 6) is 1.40. The van der Waals surface area contributed by atoms with Crippen LogP contribution in [0.4, 0.5) is 8.78 Å². The molecule has 0 nitrogen and oxygen atoms in total. The summed E-state index contributed by atoms with van der Waals surface area (Å²) >= 11 is 0. The normalized spacial score (nSPS) is 27.1. The molecule has 0 atom stereocenters. The summed E-state index contributed by atoms with van der Waals surface area (Å²) in [6.45, 7) is 4.50. The van der Waals surface area contributed by atoms with Gasteiger partial charge in [-0.25, -0.2) is 8.78 Å². The highest BCUT2D eigenvalue weighted by atomic mass is 19.2. The molecule has 0 radical (unpaired) electrons. The first-order valence-corrected chi connectivity index (χ1v) is 13.3. The second-order valence-electron chi connectivity index (χ2n) is 10.3. The van der Waals surface area contributed by atoms with Crippen LogP contribution in [-0.4, -0.2) is 0 Å². The summed E-state index contributed by atoms with van der Waals surface area (Å²) in [4.78, 5) is 0. The number of allylic oxidation sites excluding steroid dienone is 2. The second kappa shape index (κ2) is 12.8. The van der Waals surface area contributed by atoms with Gasteiger partial charge in [-0.15, -0.1) is 0 Å². The standard InChI is InChI=1S/C29H44F2/c1-3-5-6-9-23-12-14-24(15-13-23)10-7-8-11-26-20-21-27(29(31)28(26)30)25-18-16-22(4-2)17-19-25/h7,10,20-25H,3-6,8-9,11-19H2,1-2H3/b10-7+. The zero-order valence-corrected chi connectivity index (χ0v) is 20.0. The van der Waals surface area contributed by atoms with Gasteiger partial charge >= 0.3 is 0 Å². The Kier molecular flexibility index (Phi) is 10.1. The van der Waals surface area contributed by atoms with Gasteiger partial charge in [0.2, 0.25) is 0 Å². The van der Waals surface area contributed by atoms with Crippen LogP contribution in [0.2, 0.25) is 0 Å². The lowest BCUT2D eigenvalue weighted by Gasteiger charge is -2.28. The Balaban J connectivity index is 1.43. The quantitative estimate of drug-likeness (QED) is 0.256. The van der Waals surface area contributed by atoms with E-state index in [0.29, 0.717) is 23.5 Å². The zero-order valence-electron chi connectivity index (χ0n) is 20.0. The average molecular weight is 431 g/mol. The van der Waals surface area contributed by atoms with E-state index >= 15 is 0 Å².